The molecule has 1 aromatic heterocycles. The van der Waals surface area contributed by atoms with Crippen molar-refractivity contribution in [3.8, 4) is 11.5 Å². The van der Waals surface area contributed by atoms with E-state index >= 15 is 0 Å². The molecule has 4 rings (SSSR count). The van der Waals surface area contributed by atoms with Crippen LogP contribution in [0.25, 0.3) is 10.9 Å². The summed E-state index contributed by atoms with van der Waals surface area (Å²) in [6.45, 7) is 1.79. The smallest absolute Gasteiger partial charge is 0.341 e. The Hall–Kier alpha value is -3.95. The van der Waals surface area contributed by atoms with E-state index in [0.29, 0.717) is 22.4 Å². The zero-order valence-corrected chi connectivity index (χ0v) is 15.6. The second-order valence-corrected chi connectivity index (χ2v) is 6.18. The van der Waals surface area contributed by atoms with Crippen LogP contribution in [0.1, 0.15) is 17.3 Å². The van der Waals surface area contributed by atoms with Crippen LogP contribution in [-0.2, 0) is 4.74 Å². The number of para-hydroxylation sites is 1. The van der Waals surface area contributed by atoms with Crippen molar-refractivity contribution < 1.29 is 32.6 Å². The van der Waals surface area contributed by atoms with E-state index in [2.05, 4.69) is 15.6 Å². The molecule has 8 nitrogen and oxygen atoms in total. The first-order chi connectivity index (χ1) is 14.5. The molecule has 0 radical (unpaired) electrons. The third-order valence-electron chi connectivity index (χ3n) is 4.24. The van der Waals surface area contributed by atoms with Crippen molar-refractivity contribution in [3.05, 3.63) is 53.6 Å². The first-order valence-corrected chi connectivity index (χ1v) is 8.89. The highest BCUT2D eigenvalue weighted by Gasteiger charge is 2.21. The summed E-state index contributed by atoms with van der Waals surface area (Å²) >= 11 is 0. The number of carbonyl (C=O) groups is 2. The minimum atomic E-state index is -0.989. The van der Waals surface area contributed by atoms with E-state index in [0.717, 1.165) is 12.1 Å². The Morgan fingerprint density at radius 2 is 1.80 bits per heavy atom. The van der Waals surface area contributed by atoms with Gasteiger partial charge in [-0.05, 0) is 31.2 Å². The lowest BCUT2D eigenvalue weighted by atomic mass is 10.1. The Balaban J connectivity index is 1.70. The molecule has 0 fully saturated rings. The predicted octanol–water partition coefficient (Wildman–Crippen LogP) is 4.06. The van der Waals surface area contributed by atoms with Crippen LogP contribution in [0.5, 0.6) is 11.5 Å². The van der Waals surface area contributed by atoms with Crippen LogP contribution in [0, 0.1) is 11.6 Å². The van der Waals surface area contributed by atoms with E-state index in [1.54, 1.807) is 19.1 Å². The van der Waals surface area contributed by atoms with Crippen LogP contribution in [0.15, 0.2) is 36.4 Å². The van der Waals surface area contributed by atoms with Gasteiger partial charge in [0.05, 0.1) is 12.1 Å². The number of fused-ring (bicyclic) bond motifs is 2. The molecule has 0 unspecified atom stereocenters. The van der Waals surface area contributed by atoms with E-state index in [-0.39, 0.29) is 24.8 Å². The average molecular weight is 415 g/mol. The summed E-state index contributed by atoms with van der Waals surface area (Å²) in [6, 6.07) is 6.89. The van der Waals surface area contributed by atoms with Crippen LogP contribution in [0.4, 0.5) is 25.1 Å². The molecular weight excluding hydrogens is 400 g/mol. The minimum Gasteiger partial charge on any atom is -0.462 e. The maximum atomic E-state index is 13.8. The number of urea groups is 1. The molecule has 0 spiro atoms. The molecular formula is C20H15F2N3O5. The molecule has 0 saturated heterocycles. The summed E-state index contributed by atoms with van der Waals surface area (Å²) < 4.78 is 43.2. The van der Waals surface area contributed by atoms with E-state index in [4.69, 9.17) is 14.2 Å². The molecule has 2 N–H and O–H groups in total. The van der Waals surface area contributed by atoms with Crippen molar-refractivity contribution in [3.63, 3.8) is 0 Å². The number of pyridine rings is 1. The topological polar surface area (TPSA) is 98.8 Å². The van der Waals surface area contributed by atoms with Gasteiger partial charge in [0.1, 0.15) is 28.7 Å². The number of anilines is 2. The molecule has 0 bridgehead atoms. The Labute approximate surface area is 168 Å². The van der Waals surface area contributed by atoms with Crippen molar-refractivity contribution in [2.24, 2.45) is 0 Å². The molecule has 2 amide bonds. The van der Waals surface area contributed by atoms with Gasteiger partial charge in [-0.15, -0.1) is 0 Å². The van der Waals surface area contributed by atoms with Crippen molar-refractivity contribution in [2.75, 3.05) is 24.0 Å². The molecule has 0 atom stereocenters. The Morgan fingerprint density at radius 3 is 2.50 bits per heavy atom. The summed E-state index contributed by atoms with van der Waals surface area (Å²) in [5.74, 6) is -1.81. The number of ether oxygens (including phenoxy) is 3. The van der Waals surface area contributed by atoms with Gasteiger partial charge in [0.2, 0.25) is 6.79 Å². The number of halogens is 2. The standard InChI is InChI=1S/C20H15F2N3O5/c1-2-28-19(26)11-6-10-7-15-16(30-9-29-15)8-14(10)23-18(11)25-20(27)24-17-12(21)4-3-5-13(17)22/h3-8H,2,9H2,1H3,(H2,23,24,25,27). The Bertz CT molecular complexity index is 1150. The fourth-order valence-electron chi connectivity index (χ4n) is 2.89. The molecule has 0 aliphatic carbocycles. The highest BCUT2D eigenvalue weighted by Crippen LogP contribution is 2.36. The molecule has 0 saturated carbocycles. The Morgan fingerprint density at radius 1 is 1.10 bits per heavy atom. The van der Waals surface area contributed by atoms with Crippen molar-refractivity contribution >= 4 is 34.4 Å². The minimum absolute atomic E-state index is 0.0348. The third-order valence-corrected chi connectivity index (χ3v) is 4.24. The summed E-state index contributed by atoms with van der Waals surface area (Å²) in [5, 5.41) is 4.97. The highest BCUT2D eigenvalue weighted by atomic mass is 19.1. The van der Waals surface area contributed by atoms with Crippen LogP contribution < -0.4 is 20.1 Å². The average Bonchev–Trinajstić information content (AvgIpc) is 3.16. The number of rotatable bonds is 4. The van der Waals surface area contributed by atoms with Crippen LogP contribution in [0.2, 0.25) is 0 Å². The summed E-state index contributed by atoms with van der Waals surface area (Å²) in [7, 11) is 0. The molecule has 1 aliphatic rings. The van der Waals surface area contributed by atoms with Crippen molar-refractivity contribution in [2.45, 2.75) is 6.92 Å². The van der Waals surface area contributed by atoms with Gasteiger partial charge in [0.15, 0.2) is 11.5 Å². The van der Waals surface area contributed by atoms with E-state index < -0.39 is 29.3 Å². The van der Waals surface area contributed by atoms with Gasteiger partial charge in [0, 0.05) is 11.5 Å². The van der Waals surface area contributed by atoms with Gasteiger partial charge >= 0.3 is 12.0 Å². The van der Waals surface area contributed by atoms with Gasteiger partial charge in [-0.2, -0.15) is 0 Å². The Kier molecular flexibility index (Phi) is 5.05. The summed E-state index contributed by atoms with van der Waals surface area (Å²) in [4.78, 5) is 29.0. The van der Waals surface area contributed by atoms with Gasteiger partial charge < -0.3 is 19.5 Å². The van der Waals surface area contributed by atoms with Gasteiger partial charge in [-0.1, -0.05) is 6.07 Å². The lowest BCUT2D eigenvalue weighted by molar-refractivity contribution is 0.0527. The lowest BCUT2D eigenvalue weighted by Gasteiger charge is -2.13. The van der Waals surface area contributed by atoms with Gasteiger partial charge in [0.25, 0.3) is 0 Å². The fourth-order valence-corrected chi connectivity index (χ4v) is 2.89. The SMILES string of the molecule is CCOC(=O)c1cc2cc3c(cc2nc1NC(=O)Nc1c(F)cccc1F)OCO3. The van der Waals surface area contributed by atoms with Crippen LogP contribution in [0.3, 0.4) is 0 Å². The van der Waals surface area contributed by atoms with Gasteiger partial charge in [-0.25, -0.2) is 23.4 Å². The number of hydrogen-bond acceptors (Lipinski definition) is 6. The van der Waals surface area contributed by atoms with Crippen molar-refractivity contribution in [1.82, 2.24) is 4.98 Å². The molecule has 30 heavy (non-hydrogen) atoms. The van der Waals surface area contributed by atoms with Crippen LogP contribution in [-0.4, -0.2) is 30.4 Å². The fraction of sp³-hybridized carbons (Fsp3) is 0.150. The zero-order chi connectivity index (χ0) is 21.3. The number of benzene rings is 2. The second-order valence-electron chi connectivity index (χ2n) is 6.18. The predicted molar refractivity (Wildman–Crippen MR) is 103 cm³/mol. The molecule has 154 valence electrons. The first-order valence-electron chi connectivity index (χ1n) is 8.89. The number of amides is 2. The number of hydrogen-bond donors (Lipinski definition) is 2. The second kappa shape index (κ2) is 7.82. The first kappa shape index (κ1) is 19.4. The molecule has 2 aromatic carbocycles. The van der Waals surface area contributed by atoms with E-state index in [9.17, 15) is 18.4 Å². The summed E-state index contributed by atoms with van der Waals surface area (Å²) in [5.41, 5.74) is -0.260. The molecule has 10 heteroatoms. The molecule has 1 aliphatic heterocycles. The lowest BCUT2D eigenvalue weighted by Crippen LogP contribution is -2.23. The number of nitrogens with one attached hydrogen (secondary N) is 2. The maximum Gasteiger partial charge on any atom is 0.341 e. The largest absolute Gasteiger partial charge is 0.462 e. The van der Waals surface area contributed by atoms with Gasteiger partial charge in [-0.3, -0.25) is 5.32 Å². The van der Waals surface area contributed by atoms with Crippen LogP contribution >= 0.6 is 0 Å². The summed E-state index contributed by atoms with van der Waals surface area (Å²) in [6.07, 6.45) is 0. The normalized spacial score (nSPS) is 12.0. The molecule has 3 aromatic rings. The van der Waals surface area contributed by atoms with E-state index in [1.165, 1.54) is 12.1 Å². The number of carbonyl (C=O) groups excluding carboxylic acids is 2. The molecule has 2 heterocycles. The zero-order valence-electron chi connectivity index (χ0n) is 15.6. The number of aromatic nitrogens is 1. The maximum absolute atomic E-state index is 13.8. The number of nitrogens with zero attached hydrogens (tertiary/aromatic N) is 1. The van der Waals surface area contributed by atoms with Crippen molar-refractivity contribution in [1.29, 1.82) is 0 Å². The monoisotopic (exact) mass is 415 g/mol. The number of esters is 1. The third kappa shape index (κ3) is 3.66. The quantitative estimate of drug-likeness (QED) is 0.624. The van der Waals surface area contributed by atoms with E-state index in [1.807, 2.05) is 0 Å². The highest BCUT2D eigenvalue weighted by molar-refractivity contribution is 6.06.